The van der Waals surface area contributed by atoms with E-state index in [1.165, 1.54) is 6.92 Å². The number of alkyl halides is 1. The molecule has 0 rings (SSSR count). The van der Waals surface area contributed by atoms with Crippen LogP contribution in [0.2, 0.25) is 0 Å². The van der Waals surface area contributed by atoms with Gasteiger partial charge in [0.2, 0.25) is 5.91 Å². The maximum atomic E-state index is 10.7. The van der Waals surface area contributed by atoms with E-state index in [-0.39, 0.29) is 5.91 Å². The Balaban J connectivity index is 3.74. The lowest BCUT2D eigenvalue weighted by Gasteiger charge is -2.12. The molecule has 0 aromatic heterocycles. The number of carbonyl (C=O) groups is 2. The first-order valence-electron chi connectivity index (χ1n) is 4.63. The average molecular weight is 266 g/mol. The molecular formula is C9H16BrNO3. The number of carboxylic acid groups (broad SMARTS) is 1. The van der Waals surface area contributed by atoms with Gasteiger partial charge in [0.1, 0.15) is 6.04 Å². The van der Waals surface area contributed by atoms with Gasteiger partial charge in [-0.3, -0.25) is 4.79 Å². The second-order valence-electron chi connectivity index (χ2n) is 3.13. The number of carboxylic acids is 1. The van der Waals surface area contributed by atoms with Gasteiger partial charge in [-0.15, -0.1) is 0 Å². The normalized spacial score (nSPS) is 12.1. The molecule has 0 aromatic rings. The summed E-state index contributed by atoms with van der Waals surface area (Å²) in [6.45, 7) is 1.33. The van der Waals surface area contributed by atoms with Crippen LogP contribution in [0.5, 0.6) is 0 Å². The Morgan fingerprint density at radius 3 is 2.43 bits per heavy atom. The molecule has 14 heavy (non-hydrogen) atoms. The van der Waals surface area contributed by atoms with Crippen LogP contribution < -0.4 is 5.32 Å². The van der Waals surface area contributed by atoms with Gasteiger partial charge in [-0.05, 0) is 12.8 Å². The largest absolute Gasteiger partial charge is 0.480 e. The number of carbonyl (C=O) groups excluding carboxylic acids is 1. The first-order valence-corrected chi connectivity index (χ1v) is 5.76. The predicted octanol–water partition coefficient (Wildman–Crippen LogP) is 1.53. The topological polar surface area (TPSA) is 66.4 Å². The van der Waals surface area contributed by atoms with Crippen molar-refractivity contribution in [2.24, 2.45) is 0 Å². The van der Waals surface area contributed by atoms with Crippen LogP contribution in [0.1, 0.15) is 32.6 Å². The van der Waals surface area contributed by atoms with E-state index in [0.29, 0.717) is 6.42 Å². The fraction of sp³-hybridized carbons (Fsp3) is 0.778. The van der Waals surface area contributed by atoms with Gasteiger partial charge in [0.05, 0.1) is 0 Å². The average Bonchev–Trinajstić information content (AvgIpc) is 2.09. The van der Waals surface area contributed by atoms with E-state index in [2.05, 4.69) is 21.2 Å². The fourth-order valence-electron chi connectivity index (χ4n) is 1.12. The fourth-order valence-corrected chi connectivity index (χ4v) is 1.52. The van der Waals surface area contributed by atoms with E-state index >= 15 is 0 Å². The van der Waals surface area contributed by atoms with E-state index in [9.17, 15) is 9.59 Å². The number of unbranched alkanes of at least 4 members (excludes halogenated alkanes) is 2. The number of hydrogen-bond acceptors (Lipinski definition) is 2. The van der Waals surface area contributed by atoms with Gasteiger partial charge in [-0.25, -0.2) is 4.79 Å². The second-order valence-corrected chi connectivity index (χ2v) is 3.92. The standard InChI is InChI=1S/C9H16BrNO3/c1-7(12)11-8(9(13)14)5-3-2-4-6-10/h8H,2-6H2,1H3,(H,11,12)(H,13,14). The molecule has 0 fully saturated rings. The number of aliphatic carboxylic acids is 1. The summed E-state index contributed by atoms with van der Waals surface area (Å²) in [5.41, 5.74) is 0. The molecule has 0 radical (unpaired) electrons. The number of amides is 1. The summed E-state index contributed by atoms with van der Waals surface area (Å²) in [5, 5.41) is 12.1. The number of nitrogens with one attached hydrogen (secondary N) is 1. The highest BCUT2D eigenvalue weighted by atomic mass is 79.9. The molecule has 1 unspecified atom stereocenters. The van der Waals surface area contributed by atoms with Crippen molar-refractivity contribution >= 4 is 27.8 Å². The van der Waals surface area contributed by atoms with Crippen LogP contribution in [0, 0.1) is 0 Å². The zero-order chi connectivity index (χ0) is 11.0. The third-order valence-corrected chi connectivity index (χ3v) is 2.36. The quantitative estimate of drug-likeness (QED) is 0.542. The maximum Gasteiger partial charge on any atom is 0.326 e. The summed E-state index contributed by atoms with van der Waals surface area (Å²) in [6.07, 6.45) is 3.34. The minimum atomic E-state index is -0.959. The molecule has 5 heteroatoms. The molecule has 82 valence electrons. The summed E-state index contributed by atoms with van der Waals surface area (Å²) in [7, 11) is 0. The van der Waals surface area contributed by atoms with E-state index in [1.54, 1.807) is 0 Å². The van der Waals surface area contributed by atoms with Crippen molar-refractivity contribution in [1.82, 2.24) is 5.32 Å². The lowest BCUT2D eigenvalue weighted by molar-refractivity contribution is -0.141. The van der Waals surface area contributed by atoms with Gasteiger partial charge >= 0.3 is 5.97 Å². The van der Waals surface area contributed by atoms with Crippen molar-refractivity contribution < 1.29 is 14.7 Å². The summed E-state index contributed by atoms with van der Waals surface area (Å²) in [4.78, 5) is 21.3. The van der Waals surface area contributed by atoms with Crippen LogP contribution in [-0.4, -0.2) is 28.4 Å². The highest BCUT2D eigenvalue weighted by molar-refractivity contribution is 9.09. The summed E-state index contributed by atoms with van der Waals surface area (Å²) in [6, 6.07) is -0.733. The molecule has 0 aromatic carbocycles. The third-order valence-electron chi connectivity index (χ3n) is 1.80. The van der Waals surface area contributed by atoms with Crippen LogP contribution in [0.3, 0.4) is 0 Å². The Morgan fingerprint density at radius 2 is 2.00 bits per heavy atom. The molecule has 0 heterocycles. The number of hydrogen-bond donors (Lipinski definition) is 2. The van der Waals surface area contributed by atoms with Crippen LogP contribution in [0.15, 0.2) is 0 Å². The second kappa shape index (κ2) is 7.79. The lowest BCUT2D eigenvalue weighted by atomic mass is 10.1. The Bertz CT molecular complexity index is 196. The molecule has 2 N–H and O–H groups in total. The van der Waals surface area contributed by atoms with E-state index in [4.69, 9.17) is 5.11 Å². The predicted molar refractivity (Wildman–Crippen MR) is 57.5 cm³/mol. The summed E-state index contributed by atoms with van der Waals surface area (Å²) < 4.78 is 0. The SMILES string of the molecule is CC(=O)NC(CCCCCBr)C(=O)O. The number of rotatable bonds is 7. The molecule has 4 nitrogen and oxygen atoms in total. The highest BCUT2D eigenvalue weighted by Crippen LogP contribution is 2.05. The molecule has 0 aliphatic heterocycles. The van der Waals surface area contributed by atoms with Gasteiger partial charge < -0.3 is 10.4 Å². The van der Waals surface area contributed by atoms with Crippen LogP contribution in [0.4, 0.5) is 0 Å². The van der Waals surface area contributed by atoms with Gasteiger partial charge in [0.25, 0.3) is 0 Å². The first-order chi connectivity index (χ1) is 6.57. The monoisotopic (exact) mass is 265 g/mol. The van der Waals surface area contributed by atoms with E-state index in [1.807, 2.05) is 0 Å². The van der Waals surface area contributed by atoms with E-state index in [0.717, 1.165) is 24.6 Å². The molecular weight excluding hydrogens is 250 g/mol. The lowest BCUT2D eigenvalue weighted by Crippen LogP contribution is -2.39. The summed E-state index contributed by atoms with van der Waals surface area (Å²) in [5.74, 6) is -1.25. The van der Waals surface area contributed by atoms with Crippen molar-refractivity contribution in [3.63, 3.8) is 0 Å². The van der Waals surface area contributed by atoms with E-state index < -0.39 is 12.0 Å². The summed E-state index contributed by atoms with van der Waals surface area (Å²) >= 11 is 3.30. The van der Waals surface area contributed by atoms with Crippen molar-refractivity contribution in [2.75, 3.05) is 5.33 Å². The molecule has 1 amide bonds. The van der Waals surface area contributed by atoms with Gasteiger partial charge in [0.15, 0.2) is 0 Å². The Hall–Kier alpha value is -0.580. The van der Waals surface area contributed by atoms with Crippen molar-refractivity contribution in [3.8, 4) is 0 Å². The van der Waals surface area contributed by atoms with Gasteiger partial charge in [-0.2, -0.15) is 0 Å². The molecule has 0 saturated carbocycles. The number of halogens is 1. The van der Waals surface area contributed by atoms with Crippen molar-refractivity contribution in [1.29, 1.82) is 0 Å². The molecule has 0 bridgehead atoms. The molecule has 0 aliphatic rings. The third kappa shape index (κ3) is 6.88. The Kier molecular flexibility index (Phi) is 7.47. The van der Waals surface area contributed by atoms with Crippen molar-refractivity contribution in [3.05, 3.63) is 0 Å². The maximum absolute atomic E-state index is 10.7. The van der Waals surface area contributed by atoms with Gasteiger partial charge in [-0.1, -0.05) is 28.8 Å². The Labute approximate surface area is 92.2 Å². The molecule has 0 aliphatic carbocycles. The van der Waals surface area contributed by atoms with Crippen LogP contribution in [0.25, 0.3) is 0 Å². The zero-order valence-corrected chi connectivity index (χ0v) is 9.84. The van der Waals surface area contributed by atoms with Crippen LogP contribution >= 0.6 is 15.9 Å². The van der Waals surface area contributed by atoms with Crippen molar-refractivity contribution in [2.45, 2.75) is 38.6 Å². The Morgan fingerprint density at radius 1 is 1.36 bits per heavy atom. The van der Waals surface area contributed by atoms with Crippen LogP contribution in [-0.2, 0) is 9.59 Å². The minimum Gasteiger partial charge on any atom is -0.480 e. The first kappa shape index (κ1) is 13.4. The smallest absolute Gasteiger partial charge is 0.326 e. The van der Waals surface area contributed by atoms with Gasteiger partial charge in [0, 0.05) is 12.3 Å². The molecule has 1 atom stereocenters. The zero-order valence-electron chi connectivity index (χ0n) is 8.25. The highest BCUT2D eigenvalue weighted by Gasteiger charge is 2.16. The molecule has 0 spiro atoms. The molecule has 0 saturated heterocycles. The minimum absolute atomic E-state index is 0.294.